The van der Waals surface area contributed by atoms with E-state index in [1.807, 2.05) is 6.92 Å². The fourth-order valence-corrected chi connectivity index (χ4v) is 3.52. The maximum Gasteiger partial charge on any atom is 0.239 e. The molecule has 2 rings (SSSR count). The first kappa shape index (κ1) is 25.0. The summed E-state index contributed by atoms with van der Waals surface area (Å²) in [5, 5.41) is 8.79. The number of rotatable bonds is 8. The van der Waals surface area contributed by atoms with Crippen molar-refractivity contribution in [3.05, 3.63) is 53.5 Å². The molecule has 1 amide bonds. The minimum atomic E-state index is -3.24. The molecule has 0 aliphatic carbocycles. The summed E-state index contributed by atoms with van der Waals surface area (Å²) in [5.74, 6) is 0.998. The Morgan fingerprint density at radius 1 is 1.17 bits per heavy atom. The highest BCUT2D eigenvalue weighted by Gasteiger charge is 2.11. The van der Waals surface area contributed by atoms with Crippen LogP contribution in [0.3, 0.4) is 0 Å². The molecule has 1 aromatic heterocycles. The fourth-order valence-electron chi connectivity index (χ4n) is 2.56. The number of halogens is 1. The van der Waals surface area contributed by atoms with Crippen molar-refractivity contribution in [2.45, 2.75) is 31.8 Å². The van der Waals surface area contributed by atoms with Gasteiger partial charge in [-0.05, 0) is 43.2 Å². The van der Waals surface area contributed by atoms with Gasteiger partial charge >= 0.3 is 0 Å². The zero-order valence-corrected chi connectivity index (χ0v) is 19.8. The van der Waals surface area contributed by atoms with E-state index in [9.17, 15) is 13.2 Å². The van der Waals surface area contributed by atoms with Crippen molar-refractivity contribution in [3.8, 4) is 0 Å². The summed E-state index contributed by atoms with van der Waals surface area (Å²) in [7, 11) is -3.24. The molecule has 2 aromatic rings. The average molecular weight is 534 g/mol. The van der Waals surface area contributed by atoms with E-state index in [1.54, 1.807) is 43.5 Å². The van der Waals surface area contributed by atoms with Gasteiger partial charge < -0.3 is 20.4 Å². The second kappa shape index (κ2) is 11.8. The monoisotopic (exact) mass is 534 g/mol. The van der Waals surface area contributed by atoms with Crippen LogP contribution in [0.15, 0.2) is 50.9 Å². The van der Waals surface area contributed by atoms with Crippen molar-refractivity contribution in [1.29, 1.82) is 0 Å². The smallest absolute Gasteiger partial charge is 0.239 e. The van der Waals surface area contributed by atoms with Crippen molar-refractivity contribution < 1.29 is 17.6 Å². The van der Waals surface area contributed by atoms with E-state index in [0.29, 0.717) is 41.8 Å². The summed E-state index contributed by atoms with van der Waals surface area (Å²) in [6.45, 7) is 5.08. The number of nitrogens with one attached hydrogen (secondary N) is 3. The van der Waals surface area contributed by atoms with Gasteiger partial charge in [-0.15, -0.1) is 24.0 Å². The Morgan fingerprint density at radius 2 is 1.93 bits per heavy atom. The number of nitrogens with zero attached hydrogens (tertiary/aromatic N) is 1. The summed E-state index contributed by atoms with van der Waals surface area (Å²) in [4.78, 5) is 16.7. The van der Waals surface area contributed by atoms with E-state index in [1.165, 1.54) is 6.26 Å². The molecule has 0 radical (unpaired) electrons. The Kier molecular flexibility index (Phi) is 10.2. The number of hydrogen-bond acceptors (Lipinski definition) is 5. The lowest BCUT2D eigenvalue weighted by Gasteiger charge is -2.12. The van der Waals surface area contributed by atoms with Gasteiger partial charge in [0, 0.05) is 12.8 Å². The number of hydrogen-bond donors (Lipinski definition) is 3. The van der Waals surface area contributed by atoms with Crippen LogP contribution in [0.2, 0.25) is 0 Å². The number of carbonyl (C=O) groups excluding carboxylic acids is 1. The zero-order chi connectivity index (χ0) is 20.6. The van der Waals surface area contributed by atoms with Crippen LogP contribution in [0.25, 0.3) is 0 Å². The van der Waals surface area contributed by atoms with Gasteiger partial charge in [0.05, 0.1) is 30.8 Å². The molecular formula is C19H27IN4O4S. The number of amides is 1. The lowest BCUT2D eigenvalue weighted by molar-refractivity contribution is -0.120. The minimum Gasteiger partial charge on any atom is -0.467 e. The average Bonchev–Trinajstić information content (AvgIpc) is 3.15. The number of aliphatic imine (C=N–C) groups is 1. The zero-order valence-electron chi connectivity index (χ0n) is 16.7. The van der Waals surface area contributed by atoms with Crippen LogP contribution in [0.4, 0.5) is 0 Å². The molecule has 160 valence electrons. The van der Waals surface area contributed by atoms with Crippen LogP contribution in [-0.2, 0) is 27.7 Å². The van der Waals surface area contributed by atoms with Gasteiger partial charge in [0.15, 0.2) is 15.8 Å². The SMILES string of the molecule is CCNC(=NCc1ccc(S(C)(=O)=O)c(C)c1)NCC(=O)NCc1ccco1.I. The molecule has 1 heterocycles. The number of sulfone groups is 1. The van der Waals surface area contributed by atoms with Crippen molar-refractivity contribution in [1.82, 2.24) is 16.0 Å². The highest BCUT2D eigenvalue weighted by atomic mass is 127. The number of benzene rings is 1. The second-order valence-corrected chi connectivity index (χ2v) is 8.26. The molecule has 0 saturated carbocycles. The summed E-state index contributed by atoms with van der Waals surface area (Å²) in [6, 6.07) is 8.69. The first-order valence-corrected chi connectivity index (χ1v) is 10.8. The Hall–Kier alpha value is -2.08. The number of furan rings is 1. The van der Waals surface area contributed by atoms with Gasteiger partial charge in [0.25, 0.3) is 0 Å². The third kappa shape index (κ3) is 8.44. The minimum absolute atomic E-state index is 0. The lowest BCUT2D eigenvalue weighted by Crippen LogP contribution is -2.43. The molecule has 29 heavy (non-hydrogen) atoms. The van der Waals surface area contributed by atoms with E-state index in [4.69, 9.17) is 4.42 Å². The Bertz CT molecular complexity index is 928. The Balaban J connectivity index is 0.00000420. The van der Waals surface area contributed by atoms with Crippen LogP contribution in [0.5, 0.6) is 0 Å². The first-order valence-electron chi connectivity index (χ1n) is 8.90. The predicted octanol–water partition coefficient (Wildman–Crippen LogP) is 1.98. The number of carbonyl (C=O) groups is 1. The summed E-state index contributed by atoms with van der Waals surface area (Å²) in [5.41, 5.74) is 1.56. The van der Waals surface area contributed by atoms with E-state index in [0.717, 1.165) is 5.56 Å². The third-order valence-corrected chi connectivity index (χ3v) is 5.12. The molecule has 0 aliphatic rings. The highest BCUT2D eigenvalue weighted by molar-refractivity contribution is 14.0. The molecule has 1 aromatic carbocycles. The van der Waals surface area contributed by atoms with E-state index in [2.05, 4.69) is 20.9 Å². The first-order chi connectivity index (χ1) is 13.3. The van der Waals surface area contributed by atoms with Crippen molar-refractivity contribution in [3.63, 3.8) is 0 Å². The molecule has 0 fully saturated rings. The van der Waals surface area contributed by atoms with Crippen LogP contribution in [-0.4, -0.2) is 39.6 Å². The van der Waals surface area contributed by atoms with E-state index >= 15 is 0 Å². The largest absolute Gasteiger partial charge is 0.467 e. The third-order valence-electron chi connectivity index (χ3n) is 3.86. The molecule has 0 saturated heterocycles. The van der Waals surface area contributed by atoms with E-state index < -0.39 is 9.84 Å². The van der Waals surface area contributed by atoms with Crippen LogP contribution >= 0.6 is 24.0 Å². The van der Waals surface area contributed by atoms with Crippen molar-refractivity contribution in [2.24, 2.45) is 4.99 Å². The Morgan fingerprint density at radius 3 is 2.52 bits per heavy atom. The molecule has 0 bridgehead atoms. The summed E-state index contributed by atoms with van der Waals surface area (Å²) >= 11 is 0. The van der Waals surface area contributed by atoms with Gasteiger partial charge in [0.2, 0.25) is 5.91 Å². The van der Waals surface area contributed by atoms with Gasteiger partial charge in [-0.25, -0.2) is 13.4 Å². The van der Waals surface area contributed by atoms with Crippen molar-refractivity contribution >= 4 is 45.7 Å². The van der Waals surface area contributed by atoms with Crippen LogP contribution < -0.4 is 16.0 Å². The maximum atomic E-state index is 11.9. The number of guanidine groups is 1. The standard InChI is InChI=1S/C19H26N4O4S.HI/c1-4-20-19(23-13-18(24)21-12-16-6-5-9-27-16)22-11-15-7-8-17(14(2)10-15)28(3,25)26;/h5-10H,4,11-13H2,1-3H3,(H,21,24)(H2,20,22,23);1H. The topological polar surface area (TPSA) is 113 Å². The quantitative estimate of drug-likeness (QED) is 0.271. The molecule has 3 N–H and O–H groups in total. The van der Waals surface area contributed by atoms with Crippen LogP contribution in [0, 0.1) is 6.92 Å². The highest BCUT2D eigenvalue weighted by Crippen LogP contribution is 2.17. The predicted molar refractivity (Wildman–Crippen MR) is 123 cm³/mol. The second-order valence-electron chi connectivity index (χ2n) is 6.28. The Labute approximate surface area is 188 Å². The van der Waals surface area contributed by atoms with Crippen LogP contribution in [0.1, 0.15) is 23.8 Å². The summed E-state index contributed by atoms with van der Waals surface area (Å²) in [6.07, 6.45) is 2.75. The molecule has 0 spiro atoms. The normalized spacial score (nSPS) is 11.5. The number of aryl methyl sites for hydroxylation is 1. The van der Waals surface area contributed by atoms with Gasteiger partial charge in [-0.1, -0.05) is 12.1 Å². The lowest BCUT2D eigenvalue weighted by atomic mass is 10.1. The molecular weight excluding hydrogens is 507 g/mol. The van der Waals surface area contributed by atoms with E-state index in [-0.39, 0.29) is 36.4 Å². The summed E-state index contributed by atoms with van der Waals surface area (Å²) < 4.78 is 28.6. The van der Waals surface area contributed by atoms with Gasteiger partial charge in [0.1, 0.15) is 5.76 Å². The molecule has 10 heteroatoms. The van der Waals surface area contributed by atoms with Gasteiger partial charge in [-0.3, -0.25) is 4.79 Å². The van der Waals surface area contributed by atoms with Gasteiger partial charge in [-0.2, -0.15) is 0 Å². The molecule has 0 atom stereocenters. The molecule has 0 aliphatic heterocycles. The molecule has 8 nitrogen and oxygen atoms in total. The molecule has 0 unspecified atom stereocenters. The fraction of sp³-hybridized carbons (Fsp3) is 0.368. The maximum absolute atomic E-state index is 11.9. The van der Waals surface area contributed by atoms with Crippen molar-refractivity contribution in [2.75, 3.05) is 19.3 Å².